The molecule has 2 aliphatic rings. The normalized spacial score (nSPS) is 30.3. The fourth-order valence-electron chi connectivity index (χ4n) is 4.36. The first-order valence-electron chi connectivity index (χ1n) is 7.86. The molecule has 1 N–H and O–H groups in total. The summed E-state index contributed by atoms with van der Waals surface area (Å²) in [6.45, 7) is 2.79. The Kier molecular flexibility index (Phi) is 3.98. The number of carboxylic acid groups (broad SMARTS) is 1. The summed E-state index contributed by atoms with van der Waals surface area (Å²) in [6.07, 6.45) is 3.96. The standard InChI is InChI=1S/C17H22FNO2/c1-2-15(13-7-3-4-9-14(13)18)19-10-11-6-5-8-12(11)16(19)17(20)21/h3-4,7,9,11-12,15-16H,2,5-6,8,10H2,1H3,(H,20,21). The Morgan fingerprint density at radius 2 is 2.19 bits per heavy atom. The Balaban J connectivity index is 1.93. The number of carboxylic acids is 1. The van der Waals surface area contributed by atoms with Gasteiger partial charge in [-0.2, -0.15) is 0 Å². The van der Waals surface area contributed by atoms with E-state index in [1.165, 1.54) is 6.07 Å². The monoisotopic (exact) mass is 291 g/mol. The molecular formula is C17H22FNO2. The summed E-state index contributed by atoms with van der Waals surface area (Å²) in [5.74, 6) is -0.278. The molecule has 0 spiro atoms. The smallest absolute Gasteiger partial charge is 0.321 e. The summed E-state index contributed by atoms with van der Waals surface area (Å²) in [4.78, 5) is 13.8. The molecule has 0 bridgehead atoms. The number of halogens is 1. The number of carbonyl (C=O) groups is 1. The van der Waals surface area contributed by atoms with E-state index >= 15 is 0 Å². The second-order valence-electron chi connectivity index (χ2n) is 6.28. The molecule has 21 heavy (non-hydrogen) atoms. The Bertz CT molecular complexity index is 533. The van der Waals surface area contributed by atoms with Gasteiger partial charge in [0.15, 0.2) is 0 Å². The maximum absolute atomic E-state index is 14.1. The summed E-state index contributed by atoms with van der Waals surface area (Å²) < 4.78 is 14.1. The highest BCUT2D eigenvalue weighted by Crippen LogP contribution is 2.46. The number of benzene rings is 1. The lowest BCUT2D eigenvalue weighted by molar-refractivity contribution is -0.144. The second-order valence-corrected chi connectivity index (χ2v) is 6.28. The highest BCUT2D eigenvalue weighted by molar-refractivity contribution is 5.74. The summed E-state index contributed by atoms with van der Waals surface area (Å²) in [5.41, 5.74) is 0.631. The van der Waals surface area contributed by atoms with Gasteiger partial charge in [0.05, 0.1) is 0 Å². The molecule has 3 nitrogen and oxygen atoms in total. The number of nitrogens with zero attached hydrogens (tertiary/aromatic N) is 1. The fourth-order valence-corrected chi connectivity index (χ4v) is 4.36. The molecule has 1 aliphatic carbocycles. The number of hydrogen-bond acceptors (Lipinski definition) is 2. The molecule has 0 radical (unpaired) electrons. The molecule has 114 valence electrons. The van der Waals surface area contributed by atoms with Crippen LogP contribution in [0.25, 0.3) is 0 Å². The van der Waals surface area contributed by atoms with Gasteiger partial charge in [0, 0.05) is 18.2 Å². The van der Waals surface area contributed by atoms with Crippen molar-refractivity contribution in [1.82, 2.24) is 4.90 Å². The van der Waals surface area contributed by atoms with Gasteiger partial charge in [-0.05, 0) is 37.2 Å². The molecule has 1 aromatic carbocycles. The lowest BCUT2D eigenvalue weighted by Crippen LogP contribution is -2.41. The van der Waals surface area contributed by atoms with E-state index < -0.39 is 12.0 Å². The van der Waals surface area contributed by atoms with Gasteiger partial charge >= 0.3 is 5.97 Å². The number of hydrogen-bond donors (Lipinski definition) is 1. The number of likely N-dealkylation sites (tertiary alicyclic amines) is 1. The largest absolute Gasteiger partial charge is 0.480 e. The van der Waals surface area contributed by atoms with Crippen LogP contribution < -0.4 is 0 Å². The average molecular weight is 291 g/mol. The van der Waals surface area contributed by atoms with Gasteiger partial charge < -0.3 is 5.11 Å². The van der Waals surface area contributed by atoms with Crippen LogP contribution in [0.2, 0.25) is 0 Å². The van der Waals surface area contributed by atoms with Gasteiger partial charge in [-0.1, -0.05) is 31.5 Å². The summed E-state index contributed by atoms with van der Waals surface area (Å²) in [7, 11) is 0. The van der Waals surface area contributed by atoms with Crippen LogP contribution in [0.3, 0.4) is 0 Å². The Morgan fingerprint density at radius 3 is 2.86 bits per heavy atom. The van der Waals surface area contributed by atoms with E-state index in [1.807, 2.05) is 17.9 Å². The molecule has 4 unspecified atom stereocenters. The highest BCUT2D eigenvalue weighted by atomic mass is 19.1. The molecule has 1 aliphatic heterocycles. The van der Waals surface area contributed by atoms with Crippen molar-refractivity contribution in [2.75, 3.05) is 6.54 Å². The maximum atomic E-state index is 14.1. The number of aliphatic carboxylic acids is 1. The van der Waals surface area contributed by atoms with Crippen LogP contribution in [0.4, 0.5) is 4.39 Å². The number of fused-ring (bicyclic) bond motifs is 1. The zero-order chi connectivity index (χ0) is 15.0. The van der Waals surface area contributed by atoms with E-state index in [9.17, 15) is 14.3 Å². The first-order valence-corrected chi connectivity index (χ1v) is 7.86. The van der Waals surface area contributed by atoms with Crippen LogP contribution in [-0.2, 0) is 4.79 Å². The molecule has 4 heteroatoms. The van der Waals surface area contributed by atoms with Crippen molar-refractivity contribution in [1.29, 1.82) is 0 Å². The predicted molar refractivity (Wildman–Crippen MR) is 78.4 cm³/mol. The molecule has 3 rings (SSSR count). The van der Waals surface area contributed by atoms with Crippen LogP contribution >= 0.6 is 0 Å². The highest BCUT2D eigenvalue weighted by Gasteiger charge is 2.49. The minimum atomic E-state index is -0.751. The van der Waals surface area contributed by atoms with Crippen molar-refractivity contribution in [2.24, 2.45) is 11.8 Å². The Labute approximate surface area is 124 Å². The van der Waals surface area contributed by atoms with Crippen molar-refractivity contribution >= 4 is 5.97 Å². The van der Waals surface area contributed by atoms with E-state index in [4.69, 9.17) is 0 Å². The minimum Gasteiger partial charge on any atom is -0.480 e. The lowest BCUT2D eigenvalue weighted by Gasteiger charge is -2.32. The molecular weight excluding hydrogens is 269 g/mol. The summed E-state index contributed by atoms with van der Waals surface area (Å²) in [6, 6.07) is 6.16. The zero-order valence-corrected chi connectivity index (χ0v) is 12.3. The van der Waals surface area contributed by atoms with Crippen LogP contribution in [-0.4, -0.2) is 28.6 Å². The molecule has 4 atom stereocenters. The van der Waals surface area contributed by atoms with Crippen LogP contribution in [0.5, 0.6) is 0 Å². The fraction of sp³-hybridized carbons (Fsp3) is 0.588. The topological polar surface area (TPSA) is 40.5 Å². The van der Waals surface area contributed by atoms with Gasteiger partial charge in [0.1, 0.15) is 11.9 Å². The third-order valence-corrected chi connectivity index (χ3v) is 5.23. The maximum Gasteiger partial charge on any atom is 0.321 e. The third kappa shape index (κ3) is 2.46. The van der Waals surface area contributed by atoms with Crippen LogP contribution in [0.1, 0.15) is 44.2 Å². The zero-order valence-electron chi connectivity index (χ0n) is 12.3. The third-order valence-electron chi connectivity index (χ3n) is 5.23. The summed E-state index contributed by atoms with van der Waals surface area (Å²) in [5, 5.41) is 9.66. The van der Waals surface area contributed by atoms with Crippen molar-refractivity contribution in [2.45, 2.75) is 44.7 Å². The molecule has 1 saturated heterocycles. The van der Waals surface area contributed by atoms with Gasteiger partial charge in [-0.25, -0.2) is 4.39 Å². The van der Waals surface area contributed by atoms with Gasteiger partial charge in [0.2, 0.25) is 0 Å². The Morgan fingerprint density at radius 1 is 1.43 bits per heavy atom. The summed E-state index contributed by atoms with van der Waals surface area (Å²) >= 11 is 0. The quantitative estimate of drug-likeness (QED) is 0.923. The number of rotatable bonds is 4. The molecule has 1 heterocycles. The van der Waals surface area contributed by atoms with Crippen molar-refractivity contribution < 1.29 is 14.3 Å². The second kappa shape index (κ2) is 5.76. The van der Waals surface area contributed by atoms with Crippen LogP contribution in [0, 0.1) is 17.7 Å². The molecule has 1 aromatic rings. The van der Waals surface area contributed by atoms with Crippen LogP contribution in [0.15, 0.2) is 24.3 Å². The molecule has 0 aromatic heterocycles. The molecule has 1 saturated carbocycles. The lowest BCUT2D eigenvalue weighted by atomic mass is 9.93. The van der Waals surface area contributed by atoms with E-state index in [0.29, 0.717) is 11.5 Å². The van der Waals surface area contributed by atoms with Crippen molar-refractivity contribution in [3.63, 3.8) is 0 Å². The van der Waals surface area contributed by atoms with E-state index in [1.54, 1.807) is 12.1 Å². The van der Waals surface area contributed by atoms with Gasteiger partial charge in [0.25, 0.3) is 0 Å². The van der Waals surface area contributed by atoms with Gasteiger partial charge in [-0.15, -0.1) is 0 Å². The first-order chi connectivity index (χ1) is 10.1. The average Bonchev–Trinajstić information content (AvgIpc) is 3.01. The van der Waals surface area contributed by atoms with E-state index in [2.05, 4.69) is 0 Å². The minimum absolute atomic E-state index is 0.141. The molecule has 2 fully saturated rings. The predicted octanol–water partition coefficient (Wildman–Crippen LogP) is 3.46. The van der Waals surface area contributed by atoms with E-state index in [-0.39, 0.29) is 17.8 Å². The Hall–Kier alpha value is -1.42. The SMILES string of the molecule is CCC(c1ccccc1F)N1CC2CCCC2C1C(=O)O. The first kappa shape index (κ1) is 14.5. The van der Waals surface area contributed by atoms with Gasteiger partial charge in [-0.3, -0.25) is 9.69 Å². The van der Waals surface area contributed by atoms with E-state index in [0.717, 1.165) is 32.2 Å². The van der Waals surface area contributed by atoms with Crippen molar-refractivity contribution in [3.05, 3.63) is 35.6 Å². The van der Waals surface area contributed by atoms with Crippen molar-refractivity contribution in [3.8, 4) is 0 Å². The molecule has 0 amide bonds.